The quantitative estimate of drug-likeness (QED) is 0.840. The van der Waals surface area contributed by atoms with Gasteiger partial charge in [0.1, 0.15) is 4.88 Å². The summed E-state index contributed by atoms with van der Waals surface area (Å²) in [7, 11) is 0. The van der Waals surface area contributed by atoms with Crippen LogP contribution in [0.1, 0.15) is 41.2 Å². The zero-order valence-corrected chi connectivity index (χ0v) is 12.5. The molecule has 1 heterocycles. The molecule has 5 heteroatoms. The van der Waals surface area contributed by atoms with Gasteiger partial charge >= 0.3 is 5.97 Å². The predicted molar refractivity (Wildman–Crippen MR) is 82.2 cm³/mol. The number of para-hydroxylation sites is 1. The van der Waals surface area contributed by atoms with Crippen LogP contribution in [0.4, 0.5) is 10.8 Å². The smallest absolute Gasteiger partial charge is 0.347 e. The van der Waals surface area contributed by atoms with Crippen LogP contribution < -0.4 is 5.32 Å². The topological polar surface area (TPSA) is 62.2 Å². The van der Waals surface area contributed by atoms with E-state index in [0.717, 1.165) is 18.5 Å². The lowest BCUT2D eigenvalue weighted by Gasteiger charge is -2.07. The molecule has 0 fully saturated rings. The summed E-state index contributed by atoms with van der Waals surface area (Å²) in [4.78, 5) is 16.0. The Morgan fingerprint density at radius 1 is 1.35 bits per heavy atom. The number of aromatic carboxylic acids is 1. The van der Waals surface area contributed by atoms with E-state index >= 15 is 0 Å². The molecule has 0 spiro atoms. The summed E-state index contributed by atoms with van der Waals surface area (Å²) >= 11 is 1.20. The highest BCUT2D eigenvalue weighted by molar-refractivity contribution is 7.17. The lowest BCUT2D eigenvalue weighted by molar-refractivity contribution is 0.0700. The van der Waals surface area contributed by atoms with Crippen LogP contribution >= 0.6 is 11.3 Å². The van der Waals surface area contributed by atoms with Crippen molar-refractivity contribution in [1.82, 2.24) is 4.98 Å². The number of carboxylic acids is 1. The third-order valence-electron chi connectivity index (χ3n) is 3.02. The van der Waals surface area contributed by atoms with Crippen LogP contribution in [-0.2, 0) is 12.8 Å². The Morgan fingerprint density at radius 2 is 2.10 bits per heavy atom. The van der Waals surface area contributed by atoms with E-state index in [2.05, 4.69) is 23.3 Å². The summed E-state index contributed by atoms with van der Waals surface area (Å²) in [6, 6.07) is 8.00. The average molecular weight is 290 g/mol. The van der Waals surface area contributed by atoms with E-state index in [-0.39, 0.29) is 0 Å². The number of carboxylic acid groups (broad SMARTS) is 1. The van der Waals surface area contributed by atoms with Crippen LogP contribution in [0.3, 0.4) is 0 Å². The summed E-state index contributed by atoms with van der Waals surface area (Å²) in [6.07, 6.45) is 2.49. The number of aryl methyl sites for hydroxylation is 2. The molecule has 2 rings (SSSR count). The Hall–Kier alpha value is -1.88. The second-order valence-corrected chi connectivity index (χ2v) is 5.48. The third kappa shape index (κ3) is 3.17. The van der Waals surface area contributed by atoms with Gasteiger partial charge in [0.2, 0.25) is 0 Å². The van der Waals surface area contributed by atoms with Gasteiger partial charge in [-0.3, -0.25) is 0 Å². The number of nitrogens with one attached hydrogen (secondary N) is 1. The van der Waals surface area contributed by atoms with Crippen molar-refractivity contribution in [3.05, 3.63) is 40.4 Å². The fourth-order valence-corrected chi connectivity index (χ4v) is 2.91. The monoisotopic (exact) mass is 290 g/mol. The van der Waals surface area contributed by atoms with E-state index in [0.29, 0.717) is 22.1 Å². The molecule has 0 aliphatic carbocycles. The number of hydrogen-bond donors (Lipinski definition) is 2. The Bertz CT molecular complexity index is 608. The van der Waals surface area contributed by atoms with E-state index < -0.39 is 5.97 Å². The van der Waals surface area contributed by atoms with E-state index in [4.69, 9.17) is 0 Å². The van der Waals surface area contributed by atoms with Crippen LogP contribution in [0.25, 0.3) is 0 Å². The van der Waals surface area contributed by atoms with Crippen LogP contribution in [0, 0.1) is 0 Å². The second-order valence-electron chi connectivity index (χ2n) is 4.49. The SMILES string of the molecule is CCCc1nc(Nc2ccccc2CC)sc1C(=O)O. The van der Waals surface area contributed by atoms with Crippen molar-refractivity contribution in [2.75, 3.05) is 5.32 Å². The molecule has 0 unspecified atom stereocenters. The minimum atomic E-state index is -0.900. The maximum absolute atomic E-state index is 11.2. The maximum Gasteiger partial charge on any atom is 0.347 e. The van der Waals surface area contributed by atoms with Gasteiger partial charge < -0.3 is 10.4 Å². The maximum atomic E-state index is 11.2. The first-order chi connectivity index (χ1) is 9.65. The molecule has 0 bridgehead atoms. The fraction of sp³-hybridized carbons (Fsp3) is 0.333. The molecular formula is C15H18N2O2S. The van der Waals surface area contributed by atoms with Gasteiger partial charge in [-0.1, -0.05) is 49.8 Å². The molecule has 0 amide bonds. The first-order valence-electron chi connectivity index (χ1n) is 6.73. The van der Waals surface area contributed by atoms with Gasteiger partial charge in [0.15, 0.2) is 5.13 Å². The molecule has 0 aliphatic heterocycles. The Balaban J connectivity index is 2.29. The first-order valence-corrected chi connectivity index (χ1v) is 7.55. The number of nitrogens with zero attached hydrogens (tertiary/aromatic N) is 1. The van der Waals surface area contributed by atoms with Gasteiger partial charge in [-0.15, -0.1) is 0 Å². The van der Waals surface area contributed by atoms with E-state index in [1.807, 2.05) is 25.1 Å². The highest BCUT2D eigenvalue weighted by atomic mass is 32.1. The van der Waals surface area contributed by atoms with Crippen molar-refractivity contribution >= 4 is 28.1 Å². The number of thiazole rings is 1. The summed E-state index contributed by atoms with van der Waals surface area (Å²) in [5.41, 5.74) is 2.85. The van der Waals surface area contributed by atoms with Gasteiger partial charge in [0.05, 0.1) is 5.69 Å². The van der Waals surface area contributed by atoms with Gasteiger partial charge in [-0.05, 0) is 24.5 Å². The van der Waals surface area contributed by atoms with Crippen molar-refractivity contribution in [2.45, 2.75) is 33.1 Å². The molecule has 20 heavy (non-hydrogen) atoms. The average Bonchev–Trinajstić information content (AvgIpc) is 2.83. The second kappa shape index (κ2) is 6.52. The molecule has 0 radical (unpaired) electrons. The first kappa shape index (κ1) is 14.5. The number of benzene rings is 1. The van der Waals surface area contributed by atoms with Gasteiger partial charge in [-0.25, -0.2) is 9.78 Å². The van der Waals surface area contributed by atoms with Crippen LogP contribution in [-0.4, -0.2) is 16.1 Å². The molecule has 2 aromatic rings. The van der Waals surface area contributed by atoms with Crippen LogP contribution in [0.15, 0.2) is 24.3 Å². The molecule has 1 aromatic heterocycles. The summed E-state index contributed by atoms with van der Waals surface area (Å²) < 4.78 is 0. The summed E-state index contributed by atoms with van der Waals surface area (Å²) in [6.45, 7) is 4.11. The molecule has 0 saturated carbocycles. The minimum Gasteiger partial charge on any atom is -0.477 e. The molecule has 0 aliphatic rings. The summed E-state index contributed by atoms with van der Waals surface area (Å²) in [5.74, 6) is -0.900. The Kier molecular flexibility index (Phi) is 4.74. The number of rotatable bonds is 6. The molecule has 4 nitrogen and oxygen atoms in total. The largest absolute Gasteiger partial charge is 0.477 e. The van der Waals surface area contributed by atoms with Gasteiger partial charge in [0.25, 0.3) is 0 Å². The van der Waals surface area contributed by atoms with Crippen molar-refractivity contribution in [1.29, 1.82) is 0 Å². The van der Waals surface area contributed by atoms with E-state index in [1.54, 1.807) is 0 Å². The third-order valence-corrected chi connectivity index (χ3v) is 4.02. The zero-order valence-electron chi connectivity index (χ0n) is 11.6. The molecular weight excluding hydrogens is 272 g/mol. The highest BCUT2D eigenvalue weighted by Gasteiger charge is 2.17. The number of hydrogen-bond acceptors (Lipinski definition) is 4. The molecule has 106 valence electrons. The van der Waals surface area contributed by atoms with Gasteiger partial charge in [0, 0.05) is 5.69 Å². The molecule has 1 aromatic carbocycles. The number of carbonyl (C=O) groups is 1. The van der Waals surface area contributed by atoms with Crippen molar-refractivity contribution in [3.63, 3.8) is 0 Å². The Morgan fingerprint density at radius 3 is 2.75 bits per heavy atom. The Labute approximate surface area is 122 Å². The van der Waals surface area contributed by atoms with Crippen LogP contribution in [0.2, 0.25) is 0 Å². The van der Waals surface area contributed by atoms with Crippen molar-refractivity contribution < 1.29 is 9.90 Å². The normalized spacial score (nSPS) is 10.5. The predicted octanol–water partition coefficient (Wildman–Crippen LogP) is 4.10. The minimum absolute atomic E-state index is 0.336. The molecule has 0 atom stereocenters. The zero-order chi connectivity index (χ0) is 14.5. The van der Waals surface area contributed by atoms with E-state index in [9.17, 15) is 9.90 Å². The van der Waals surface area contributed by atoms with Crippen molar-refractivity contribution in [2.24, 2.45) is 0 Å². The molecule has 0 saturated heterocycles. The molecule has 2 N–H and O–H groups in total. The summed E-state index contributed by atoms with van der Waals surface area (Å²) in [5, 5.41) is 13.1. The number of aromatic nitrogens is 1. The highest BCUT2D eigenvalue weighted by Crippen LogP contribution is 2.28. The lowest BCUT2D eigenvalue weighted by Crippen LogP contribution is -1.98. The van der Waals surface area contributed by atoms with Crippen LogP contribution in [0.5, 0.6) is 0 Å². The van der Waals surface area contributed by atoms with Crippen molar-refractivity contribution in [3.8, 4) is 0 Å². The lowest BCUT2D eigenvalue weighted by atomic mass is 10.1. The fourth-order valence-electron chi connectivity index (χ4n) is 2.04. The standard InChI is InChI=1S/C15H18N2O2S/c1-3-7-12-13(14(18)19)20-15(17-12)16-11-9-6-5-8-10(11)4-2/h5-6,8-9H,3-4,7H2,1-2H3,(H,16,17)(H,18,19). The van der Waals surface area contributed by atoms with E-state index in [1.165, 1.54) is 16.9 Å². The number of anilines is 2. The van der Waals surface area contributed by atoms with Gasteiger partial charge in [-0.2, -0.15) is 0 Å².